The fourth-order valence-corrected chi connectivity index (χ4v) is 0. The molecule has 0 aliphatic rings. The average Bonchev–Trinajstić information content (AvgIpc) is 0.811. The topological polar surface area (TPSA) is 37.3 Å². The normalized spacial score (nSPS) is 5.00. The predicted octanol–water partition coefficient (Wildman–Crippen LogP) is -0.290. The minimum atomic E-state index is -0.833. The third-order valence-electron chi connectivity index (χ3n) is 0. The number of rotatable bonds is 0. The van der Waals surface area contributed by atoms with Gasteiger partial charge in [0.25, 0.3) is 5.97 Å². The third-order valence-corrected chi connectivity index (χ3v) is 0. The molecule has 1 N–H and O–H groups in total. The van der Waals surface area contributed by atoms with Gasteiger partial charge in [0.05, 0.1) is 0 Å². The SMILES string of the molecule is CC(=O)O.[Ge]. The Kier molecular flexibility index (Phi) is 7.14. The fraction of sp³-hybridized carbons (Fsp3) is 0.500. The maximum Gasteiger partial charge on any atom is 0.300 e. The van der Waals surface area contributed by atoms with E-state index in [4.69, 9.17) is 9.90 Å². The van der Waals surface area contributed by atoms with Gasteiger partial charge in [0, 0.05) is 24.5 Å². The van der Waals surface area contributed by atoms with E-state index < -0.39 is 5.97 Å². The van der Waals surface area contributed by atoms with E-state index in [-0.39, 0.29) is 17.6 Å². The quantitative estimate of drug-likeness (QED) is 0.460. The first-order valence-corrected chi connectivity index (χ1v) is 0.928. The van der Waals surface area contributed by atoms with Crippen molar-refractivity contribution < 1.29 is 9.90 Å². The number of aliphatic carboxylic acids is 1. The number of hydrogen-bond acceptors (Lipinski definition) is 1. The summed E-state index contributed by atoms with van der Waals surface area (Å²) >= 11 is 0. The minimum absolute atomic E-state index is 0. The van der Waals surface area contributed by atoms with Gasteiger partial charge in [-0.2, -0.15) is 0 Å². The summed E-state index contributed by atoms with van der Waals surface area (Å²) in [6.07, 6.45) is 0. The fourth-order valence-electron chi connectivity index (χ4n) is 0. The van der Waals surface area contributed by atoms with Crippen molar-refractivity contribution in [3.63, 3.8) is 0 Å². The van der Waals surface area contributed by atoms with E-state index in [1.807, 2.05) is 0 Å². The molecule has 0 unspecified atom stereocenters. The molecule has 0 heterocycles. The van der Waals surface area contributed by atoms with Crippen LogP contribution in [0.3, 0.4) is 0 Å². The summed E-state index contributed by atoms with van der Waals surface area (Å²) in [5.74, 6) is -0.833. The molecular formula is C2H4GeO2. The van der Waals surface area contributed by atoms with Crippen LogP contribution in [0.25, 0.3) is 0 Å². The molecule has 0 saturated heterocycles. The summed E-state index contributed by atoms with van der Waals surface area (Å²) in [5.41, 5.74) is 0. The second kappa shape index (κ2) is 4.01. The molecule has 0 aromatic carbocycles. The standard InChI is InChI=1S/C2H4O2.Ge/c1-2(3)4;/h1H3,(H,3,4);. The van der Waals surface area contributed by atoms with E-state index in [9.17, 15) is 0 Å². The van der Waals surface area contributed by atoms with Gasteiger partial charge in [-0.15, -0.1) is 0 Å². The molecule has 0 aliphatic heterocycles. The van der Waals surface area contributed by atoms with Crippen molar-refractivity contribution in [3.8, 4) is 0 Å². The molecule has 0 bridgehead atoms. The van der Waals surface area contributed by atoms with Crippen LogP contribution in [-0.4, -0.2) is 28.7 Å². The second-order valence-electron chi connectivity index (χ2n) is 0.519. The average molecular weight is 133 g/mol. The Hall–Kier alpha value is 0.0129. The first-order chi connectivity index (χ1) is 1.73. The molecule has 3 heteroatoms. The zero-order valence-corrected chi connectivity index (χ0v) is 4.95. The third kappa shape index (κ3) is 98400. The zero-order chi connectivity index (χ0) is 3.58. The van der Waals surface area contributed by atoms with Crippen LogP contribution in [0, 0.1) is 0 Å². The zero-order valence-electron chi connectivity index (χ0n) is 2.86. The van der Waals surface area contributed by atoms with Crippen molar-refractivity contribution in [1.82, 2.24) is 0 Å². The van der Waals surface area contributed by atoms with Gasteiger partial charge < -0.3 is 5.11 Å². The molecule has 0 aliphatic carbocycles. The van der Waals surface area contributed by atoms with Gasteiger partial charge in [-0.1, -0.05) is 0 Å². The summed E-state index contributed by atoms with van der Waals surface area (Å²) in [4.78, 5) is 9.00. The molecule has 0 rings (SSSR count). The van der Waals surface area contributed by atoms with E-state index in [0.717, 1.165) is 6.92 Å². The maximum absolute atomic E-state index is 9.00. The molecule has 4 radical (unpaired) electrons. The monoisotopic (exact) mass is 134 g/mol. The minimum Gasteiger partial charge on any atom is -0.481 e. The molecule has 28 valence electrons. The number of carbonyl (C=O) groups is 1. The van der Waals surface area contributed by atoms with Crippen LogP contribution in [-0.2, 0) is 4.79 Å². The van der Waals surface area contributed by atoms with E-state index in [0.29, 0.717) is 0 Å². The summed E-state index contributed by atoms with van der Waals surface area (Å²) in [5, 5.41) is 7.42. The van der Waals surface area contributed by atoms with Crippen LogP contribution >= 0.6 is 0 Å². The van der Waals surface area contributed by atoms with Gasteiger partial charge in [-0.05, 0) is 0 Å². The molecule has 0 atom stereocenters. The largest absolute Gasteiger partial charge is 0.481 e. The molecule has 2 nitrogen and oxygen atoms in total. The summed E-state index contributed by atoms with van der Waals surface area (Å²) in [7, 11) is 0. The van der Waals surface area contributed by atoms with Crippen molar-refractivity contribution in [2.45, 2.75) is 6.92 Å². The Bertz CT molecular complexity index is 30.6. The van der Waals surface area contributed by atoms with Gasteiger partial charge in [0.2, 0.25) is 0 Å². The molecule has 5 heavy (non-hydrogen) atoms. The molecule has 0 spiro atoms. The number of carboxylic acids is 1. The molecule has 0 fully saturated rings. The molecular weight excluding hydrogens is 129 g/mol. The van der Waals surface area contributed by atoms with Crippen LogP contribution in [0.2, 0.25) is 0 Å². The van der Waals surface area contributed by atoms with Gasteiger partial charge in [0.1, 0.15) is 0 Å². The molecule has 0 aromatic rings. The molecule has 0 amide bonds. The van der Waals surface area contributed by atoms with Crippen LogP contribution in [0.15, 0.2) is 0 Å². The summed E-state index contributed by atoms with van der Waals surface area (Å²) in [6.45, 7) is 1.08. The van der Waals surface area contributed by atoms with Crippen molar-refractivity contribution in [3.05, 3.63) is 0 Å². The summed E-state index contributed by atoms with van der Waals surface area (Å²) < 4.78 is 0. The van der Waals surface area contributed by atoms with Gasteiger partial charge in [-0.25, -0.2) is 0 Å². The Morgan fingerprint density at radius 1 is 1.80 bits per heavy atom. The maximum atomic E-state index is 9.00. The first-order valence-electron chi connectivity index (χ1n) is 0.928. The summed E-state index contributed by atoms with van der Waals surface area (Å²) in [6, 6.07) is 0. The van der Waals surface area contributed by atoms with E-state index in [1.54, 1.807) is 0 Å². The Morgan fingerprint density at radius 3 is 1.80 bits per heavy atom. The van der Waals surface area contributed by atoms with Gasteiger partial charge >= 0.3 is 0 Å². The van der Waals surface area contributed by atoms with Crippen LogP contribution < -0.4 is 0 Å². The van der Waals surface area contributed by atoms with Gasteiger partial charge in [-0.3, -0.25) is 4.79 Å². The Labute approximate surface area is 41.2 Å². The second-order valence-corrected chi connectivity index (χ2v) is 0.519. The van der Waals surface area contributed by atoms with Crippen molar-refractivity contribution >= 4 is 23.6 Å². The van der Waals surface area contributed by atoms with Crippen LogP contribution in [0.1, 0.15) is 6.92 Å². The van der Waals surface area contributed by atoms with Crippen molar-refractivity contribution in [2.75, 3.05) is 0 Å². The van der Waals surface area contributed by atoms with Crippen LogP contribution in [0.4, 0.5) is 0 Å². The van der Waals surface area contributed by atoms with Crippen molar-refractivity contribution in [2.24, 2.45) is 0 Å². The molecule has 0 saturated carbocycles. The number of carboxylic acid groups (broad SMARTS) is 1. The first kappa shape index (κ1) is 8.89. The van der Waals surface area contributed by atoms with Crippen LogP contribution in [0.5, 0.6) is 0 Å². The smallest absolute Gasteiger partial charge is 0.300 e. The van der Waals surface area contributed by atoms with Crippen molar-refractivity contribution in [1.29, 1.82) is 0 Å². The molecule has 0 aromatic heterocycles. The number of hydrogen-bond donors (Lipinski definition) is 1. The van der Waals surface area contributed by atoms with E-state index in [1.165, 1.54) is 0 Å². The van der Waals surface area contributed by atoms with E-state index in [2.05, 4.69) is 0 Å². The predicted molar refractivity (Wildman–Crippen MR) is 19.1 cm³/mol. The van der Waals surface area contributed by atoms with Gasteiger partial charge in [0.15, 0.2) is 0 Å². The van der Waals surface area contributed by atoms with E-state index >= 15 is 0 Å². The Balaban J connectivity index is 0. The Morgan fingerprint density at radius 2 is 1.80 bits per heavy atom.